The monoisotopic (exact) mass is 280 g/mol. The second-order valence-corrected chi connectivity index (χ2v) is 4.49. The second-order valence-electron chi connectivity index (χ2n) is 4.49. The van der Waals surface area contributed by atoms with Crippen molar-refractivity contribution in [2.24, 2.45) is 5.10 Å². The van der Waals surface area contributed by atoms with Crippen molar-refractivity contribution in [2.45, 2.75) is 6.92 Å². The van der Waals surface area contributed by atoms with Gasteiger partial charge in [-0.3, -0.25) is 5.43 Å². The molecule has 0 bridgehead atoms. The maximum absolute atomic E-state index is 10.7. The number of nitrogens with one attached hydrogen (secondary N) is 1. The van der Waals surface area contributed by atoms with Crippen LogP contribution >= 0.6 is 0 Å². The molecule has 4 nitrogen and oxygen atoms in total. The second kappa shape index (κ2) is 7.05. The third kappa shape index (κ3) is 4.62. The Hall–Kier alpha value is -2.88. The summed E-state index contributed by atoms with van der Waals surface area (Å²) in [5.41, 5.74) is 5.82. The minimum Gasteiger partial charge on any atom is -0.478 e. The number of allylic oxidation sites excluding steroid dienone is 1. The van der Waals surface area contributed by atoms with E-state index in [-0.39, 0.29) is 5.56 Å². The van der Waals surface area contributed by atoms with Crippen LogP contribution in [0.4, 0.5) is 5.69 Å². The number of nitrogens with zero attached hydrogens (tertiary/aromatic N) is 1. The lowest BCUT2D eigenvalue weighted by Crippen LogP contribution is -1.97. The minimum absolute atomic E-state index is 0.255. The Bertz CT molecular complexity index is 659. The standard InChI is InChI=1S/C17H16N2O2/c1-13(7-8-14-5-3-2-4-6-14)18-19-16-11-9-15(10-12-16)17(20)21/h2-12,19H,1H3,(H,20,21)/b8-7+,18-13+. The summed E-state index contributed by atoms with van der Waals surface area (Å²) in [6.07, 6.45) is 3.89. The number of carboxylic acids is 1. The Morgan fingerprint density at radius 2 is 1.76 bits per heavy atom. The third-order valence-electron chi connectivity index (χ3n) is 2.81. The number of aromatic carboxylic acids is 1. The highest BCUT2D eigenvalue weighted by molar-refractivity contribution is 5.96. The van der Waals surface area contributed by atoms with Crippen molar-refractivity contribution in [2.75, 3.05) is 5.43 Å². The summed E-state index contributed by atoms with van der Waals surface area (Å²) >= 11 is 0. The van der Waals surface area contributed by atoms with Gasteiger partial charge in [0.15, 0.2) is 0 Å². The average Bonchev–Trinajstić information content (AvgIpc) is 2.52. The van der Waals surface area contributed by atoms with E-state index in [1.54, 1.807) is 12.1 Å². The van der Waals surface area contributed by atoms with Crippen LogP contribution in [0, 0.1) is 0 Å². The SMILES string of the molecule is CC(/C=C/c1ccccc1)=N\Nc1ccc(C(=O)O)cc1. The van der Waals surface area contributed by atoms with Gasteiger partial charge in [-0.2, -0.15) is 5.10 Å². The van der Waals surface area contributed by atoms with Crippen molar-refractivity contribution in [3.63, 3.8) is 0 Å². The van der Waals surface area contributed by atoms with E-state index >= 15 is 0 Å². The van der Waals surface area contributed by atoms with Gasteiger partial charge in [-0.1, -0.05) is 36.4 Å². The lowest BCUT2D eigenvalue weighted by Gasteiger charge is -2.01. The summed E-state index contributed by atoms with van der Waals surface area (Å²) in [6.45, 7) is 1.89. The Balaban J connectivity index is 1.97. The lowest BCUT2D eigenvalue weighted by molar-refractivity contribution is 0.0697. The predicted octanol–water partition coefficient (Wildman–Crippen LogP) is 3.89. The van der Waals surface area contributed by atoms with E-state index in [4.69, 9.17) is 5.11 Å². The fraction of sp³-hybridized carbons (Fsp3) is 0.0588. The number of benzene rings is 2. The van der Waals surface area contributed by atoms with E-state index in [9.17, 15) is 4.79 Å². The number of anilines is 1. The summed E-state index contributed by atoms with van der Waals surface area (Å²) in [5, 5.41) is 13.0. The molecule has 4 heteroatoms. The molecular formula is C17H16N2O2. The van der Waals surface area contributed by atoms with E-state index in [2.05, 4.69) is 10.5 Å². The maximum atomic E-state index is 10.7. The first-order chi connectivity index (χ1) is 10.1. The summed E-state index contributed by atoms with van der Waals surface area (Å²) in [5.74, 6) is -0.938. The van der Waals surface area contributed by atoms with Crippen LogP contribution in [-0.4, -0.2) is 16.8 Å². The molecule has 2 N–H and O–H groups in total. The normalized spacial score (nSPS) is 11.6. The number of hydrogen-bond acceptors (Lipinski definition) is 3. The van der Waals surface area contributed by atoms with Gasteiger partial charge in [-0.25, -0.2) is 4.79 Å². The van der Waals surface area contributed by atoms with E-state index in [1.807, 2.05) is 49.4 Å². The van der Waals surface area contributed by atoms with Gasteiger partial charge in [0, 0.05) is 0 Å². The number of hydrazone groups is 1. The minimum atomic E-state index is -0.938. The largest absolute Gasteiger partial charge is 0.478 e. The van der Waals surface area contributed by atoms with Gasteiger partial charge in [-0.15, -0.1) is 0 Å². The van der Waals surface area contributed by atoms with Crippen LogP contribution in [0.5, 0.6) is 0 Å². The maximum Gasteiger partial charge on any atom is 0.335 e. The summed E-state index contributed by atoms with van der Waals surface area (Å²) in [4.78, 5) is 10.7. The third-order valence-corrected chi connectivity index (χ3v) is 2.81. The zero-order valence-corrected chi connectivity index (χ0v) is 11.7. The first-order valence-corrected chi connectivity index (χ1v) is 6.52. The fourth-order valence-corrected chi connectivity index (χ4v) is 1.66. The molecule has 106 valence electrons. The van der Waals surface area contributed by atoms with Crippen molar-refractivity contribution < 1.29 is 9.90 Å². The van der Waals surface area contributed by atoms with Crippen molar-refractivity contribution in [3.05, 3.63) is 71.8 Å². The zero-order valence-electron chi connectivity index (χ0n) is 11.7. The number of rotatable bonds is 5. The van der Waals surface area contributed by atoms with Crippen LogP contribution in [0.1, 0.15) is 22.8 Å². The Morgan fingerprint density at radius 3 is 2.38 bits per heavy atom. The van der Waals surface area contributed by atoms with Gasteiger partial charge < -0.3 is 5.11 Å². The fourth-order valence-electron chi connectivity index (χ4n) is 1.66. The van der Waals surface area contributed by atoms with Crippen LogP contribution in [0.2, 0.25) is 0 Å². The number of carboxylic acid groups (broad SMARTS) is 1. The molecule has 0 aliphatic rings. The van der Waals surface area contributed by atoms with E-state index < -0.39 is 5.97 Å². The molecule has 0 saturated carbocycles. The highest BCUT2D eigenvalue weighted by Gasteiger charge is 2.00. The Labute approximate surface area is 123 Å². The van der Waals surface area contributed by atoms with Crippen LogP contribution in [0.25, 0.3) is 6.08 Å². The van der Waals surface area contributed by atoms with E-state index in [1.165, 1.54) is 12.1 Å². The molecule has 0 radical (unpaired) electrons. The molecule has 0 amide bonds. The zero-order chi connectivity index (χ0) is 15.1. The van der Waals surface area contributed by atoms with Crippen LogP contribution in [0.15, 0.2) is 65.8 Å². The molecule has 0 saturated heterocycles. The predicted molar refractivity (Wildman–Crippen MR) is 85.6 cm³/mol. The lowest BCUT2D eigenvalue weighted by atomic mass is 10.2. The van der Waals surface area contributed by atoms with Crippen molar-refractivity contribution in [1.29, 1.82) is 0 Å². The molecule has 0 atom stereocenters. The summed E-state index contributed by atoms with van der Waals surface area (Å²) < 4.78 is 0. The van der Waals surface area contributed by atoms with Crippen molar-refractivity contribution >= 4 is 23.4 Å². The van der Waals surface area contributed by atoms with E-state index in [0.717, 1.165) is 17.0 Å². The van der Waals surface area contributed by atoms with E-state index in [0.29, 0.717) is 0 Å². The Morgan fingerprint density at radius 1 is 1.10 bits per heavy atom. The van der Waals surface area contributed by atoms with Gasteiger partial charge in [0.1, 0.15) is 0 Å². The summed E-state index contributed by atoms with van der Waals surface area (Å²) in [6, 6.07) is 16.4. The molecule has 0 fully saturated rings. The molecule has 0 unspecified atom stereocenters. The number of hydrogen-bond donors (Lipinski definition) is 2. The topological polar surface area (TPSA) is 61.7 Å². The van der Waals surface area contributed by atoms with Crippen molar-refractivity contribution in [1.82, 2.24) is 0 Å². The van der Waals surface area contributed by atoms with Gasteiger partial charge in [-0.05, 0) is 42.8 Å². The molecule has 0 aromatic heterocycles. The molecule has 0 aliphatic heterocycles. The van der Waals surface area contributed by atoms with Gasteiger partial charge >= 0.3 is 5.97 Å². The number of carbonyl (C=O) groups is 1. The van der Waals surface area contributed by atoms with Crippen LogP contribution < -0.4 is 5.43 Å². The summed E-state index contributed by atoms with van der Waals surface area (Å²) in [7, 11) is 0. The average molecular weight is 280 g/mol. The first kappa shape index (κ1) is 14.5. The van der Waals surface area contributed by atoms with Gasteiger partial charge in [0.05, 0.1) is 17.0 Å². The molecule has 21 heavy (non-hydrogen) atoms. The molecule has 2 rings (SSSR count). The van der Waals surface area contributed by atoms with Gasteiger partial charge in [0.25, 0.3) is 0 Å². The molecule has 2 aromatic carbocycles. The molecular weight excluding hydrogens is 264 g/mol. The molecule has 0 spiro atoms. The highest BCUT2D eigenvalue weighted by atomic mass is 16.4. The molecule has 2 aromatic rings. The quantitative estimate of drug-likeness (QED) is 0.645. The molecule has 0 aliphatic carbocycles. The van der Waals surface area contributed by atoms with Gasteiger partial charge in [0.2, 0.25) is 0 Å². The van der Waals surface area contributed by atoms with Crippen LogP contribution in [0.3, 0.4) is 0 Å². The smallest absolute Gasteiger partial charge is 0.335 e. The Kier molecular flexibility index (Phi) is 4.88. The highest BCUT2D eigenvalue weighted by Crippen LogP contribution is 2.09. The van der Waals surface area contributed by atoms with Crippen molar-refractivity contribution in [3.8, 4) is 0 Å². The molecule has 0 heterocycles. The van der Waals surface area contributed by atoms with Crippen LogP contribution in [-0.2, 0) is 0 Å². The first-order valence-electron chi connectivity index (χ1n) is 6.52.